The highest BCUT2D eigenvalue weighted by molar-refractivity contribution is 5.96. The van der Waals surface area contributed by atoms with Crippen molar-refractivity contribution in [3.05, 3.63) is 53.6 Å². The van der Waals surface area contributed by atoms with Gasteiger partial charge in [0.2, 0.25) is 5.91 Å². The third-order valence-electron chi connectivity index (χ3n) is 4.85. The lowest BCUT2D eigenvalue weighted by Crippen LogP contribution is -2.30. The van der Waals surface area contributed by atoms with Crippen LogP contribution in [0.4, 0.5) is 5.69 Å². The predicted molar refractivity (Wildman–Crippen MR) is 92.3 cm³/mol. The second-order valence-electron chi connectivity index (χ2n) is 6.23. The summed E-state index contributed by atoms with van der Waals surface area (Å²) < 4.78 is 0. The molecular formula is C20H23NO. The Morgan fingerprint density at radius 3 is 2.41 bits per heavy atom. The smallest absolute Gasteiger partial charge is 0.227 e. The topological polar surface area (TPSA) is 20.3 Å². The molecule has 0 aliphatic carbocycles. The van der Waals surface area contributed by atoms with Gasteiger partial charge in [-0.1, -0.05) is 44.2 Å². The summed E-state index contributed by atoms with van der Waals surface area (Å²) in [4.78, 5) is 13.5. The lowest BCUT2D eigenvalue weighted by Gasteiger charge is -2.26. The third kappa shape index (κ3) is 2.66. The molecule has 0 fully saturated rings. The summed E-state index contributed by atoms with van der Waals surface area (Å²) in [6, 6.07) is 15.3. The lowest BCUT2D eigenvalue weighted by atomic mass is 9.93. The largest absolute Gasteiger partial charge is 0.315 e. The van der Waals surface area contributed by atoms with E-state index < -0.39 is 0 Å². The monoisotopic (exact) mass is 293 g/mol. The molecule has 0 saturated heterocycles. The average Bonchev–Trinajstić information content (AvgIpc) is 2.57. The highest BCUT2D eigenvalue weighted by atomic mass is 16.2. The highest BCUT2D eigenvalue weighted by Gasteiger charge is 2.20. The van der Waals surface area contributed by atoms with Crippen LogP contribution < -0.4 is 4.90 Å². The van der Waals surface area contributed by atoms with Crippen LogP contribution in [0.25, 0.3) is 11.1 Å². The van der Waals surface area contributed by atoms with Gasteiger partial charge < -0.3 is 4.90 Å². The van der Waals surface area contributed by atoms with E-state index in [0.29, 0.717) is 12.3 Å². The van der Waals surface area contributed by atoms with Crippen LogP contribution in [0.1, 0.15) is 43.7 Å². The number of hydrogen-bond donors (Lipinski definition) is 0. The van der Waals surface area contributed by atoms with E-state index in [1.807, 2.05) is 7.05 Å². The number of carbonyl (C=O) groups is 1. The van der Waals surface area contributed by atoms with Crippen molar-refractivity contribution < 1.29 is 4.79 Å². The molecule has 3 rings (SSSR count). The molecule has 2 heteroatoms. The Labute approximate surface area is 132 Å². The zero-order valence-electron chi connectivity index (χ0n) is 13.6. The molecule has 2 aromatic rings. The summed E-state index contributed by atoms with van der Waals surface area (Å²) in [6.07, 6.45) is 2.62. The number of rotatable bonds is 3. The fourth-order valence-electron chi connectivity index (χ4n) is 3.08. The molecule has 0 aromatic heterocycles. The van der Waals surface area contributed by atoms with E-state index in [1.54, 1.807) is 4.90 Å². The average molecular weight is 293 g/mol. The van der Waals surface area contributed by atoms with Gasteiger partial charge in [-0.3, -0.25) is 4.79 Å². The molecule has 1 aliphatic heterocycles. The molecule has 1 unspecified atom stereocenters. The molecule has 22 heavy (non-hydrogen) atoms. The van der Waals surface area contributed by atoms with Crippen LogP contribution in [0.2, 0.25) is 0 Å². The third-order valence-corrected chi connectivity index (χ3v) is 4.85. The van der Waals surface area contributed by atoms with E-state index in [2.05, 4.69) is 56.3 Å². The van der Waals surface area contributed by atoms with E-state index in [9.17, 15) is 4.79 Å². The molecule has 0 bridgehead atoms. The van der Waals surface area contributed by atoms with Crippen molar-refractivity contribution in [3.63, 3.8) is 0 Å². The van der Waals surface area contributed by atoms with Crippen LogP contribution in [-0.4, -0.2) is 13.0 Å². The summed E-state index contributed by atoms with van der Waals surface area (Å²) in [5.41, 5.74) is 6.20. The highest BCUT2D eigenvalue weighted by Crippen LogP contribution is 2.32. The Kier molecular flexibility index (Phi) is 4.02. The minimum atomic E-state index is 0.207. The van der Waals surface area contributed by atoms with Crippen molar-refractivity contribution in [2.24, 2.45) is 0 Å². The number of nitrogens with zero attached hydrogens (tertiary/aromatic N) is 1. The van der Waals surface area contributed by atoms with Crippen molar-refractivity contribution in [2.75, 3.05) is 11.9 Å². The minimum Gasteiger partial charge on any atom is -0.315 e. The van der Waals surface area contributed by atoms with Crippen molar-refractivity contribution in [1.29, 1.82) is 0 Å². The Bertz CT molecular complexity index is 687. The first-order valence-electron chi connectivity index (χ1n) is 8.10. The van der Waals surface area contributed by atoms with Crippen LogP contribution in [0, 0.1) is 0 Å². The van der Waals surface area contributed by atoms with E-state index in [-0.39, 0.29) is 5.91 Å². The van der Waals surface area contributed by atoms with Crippen molar-refractivity contribution >= 4 is 11.6 Å². The number of carbonyl (C=O) groups excluding carboxylic acids is 1. The predicted octanol–water partition coefficient (Wildman–Crippen LogP) is 4.78. The Morgan fingerprint density at radius 1 is 1.05 bits per heavy atom. The van der Waals surface area contributed by atoms with E-state index in [0.717, 1.165) is 12.1 Å². The standard InChI is InChI=1S/C20H23NO/c1-4-14(2)15-5-7-16(8-6-15)17-9-11-19-18(13-17)10-12-20(22)21(19)3/h5-9,11,13-14H,4,10,12H2,1-3H3. The molecule has 0 radical (unpaired) electrons. The summed E-state index contributed by atoms with van der Waals surface area (Å²) in [5.74, 6) is 0.815. The molecule has 0 saturated carbocycles. The number of aryl methyl sites for hydroxylation is 1. The second-order valence-corrected chi connectivity index (χ2v) is 6.23. The SMILES string of the molecule is CCC(C)c1ccc(-c2ccc3c(c2)CCC(=O)N3C)cc1. The minimum absolute atomic E-state index is 0.207. The van der Waals surface area contributed by atoms with E-state index in [1.165, 1.54) is 28.7 Å². The number of benzene rings is 2. The molecule has 1 aliphatic rings. The second kappa shape index (κ2) is 5.96. The van der Waals surface area contributed by atoms with Gasteiger partial charge >= 0.3 is 0 Å². The fourth-order valence-corrected chi connectivity index (χ4v) is 3.08. The van der Waals surface area contributed by atoms with Crippen LogP contribution in [0.5, 0.6) is 0 Å². The van der Waals surface area contributed by atoms with Crippen LogP contribution in [-0.2, 0) is 11.2 Å². The zero-order valence-corrected chi connectivity index (χ0v) is 13.6. The van der Waals surface area contributed by atoms with Gasteiger partial charge in [-0.2, -0.15) is 0 Å². The first-order valence-corrected chi connectivity index (χ1v) is 8.10. The van der Waals surface area contributed by atoms with Crippen LogP contribution >= 0.6 is 0 Å². The van der Waals surface area contributed by atoms with Gasteiger partial charge in [-0.25, -0.2) is 0 Å². The summed E-state index contributed by atoms with van der Waals surface area (Å²) in [7, 11) is 1.86. The first-order chi connectivity index (χ1) is 10.6. The molecule has 1 amide bonds. The van der Waals surface area contributed by atoms with Gasteiger partial charge in [0.15, 0.2) is 0 Å². The molecule has 2 nitrogen and oxygen atoms in total. The summed E-state index contributed by atoms with van der Waals surface area (Å²) in [5, 5.41) is 0. The van der Waals surface area contributed by atoms with Crippen molar-refractivity contribution in [3.8, 4) is 11.1 Å². The van der Waals surface area contributed by atoms with Gasteiger partial charge in [0.1, 0.15) is 0 Å². The fraction of sp³-hybridized carbons (Fsp3) is 0.350. The zero-order chi connectivity index (χ0) is 15.7. The van der Waals surface area contributed by atoms with Gasteiger partial charge in [-0.05, 0) is 53.1 Å². The van der Waals surface area contributed by atoms with Gasteiger partial charge in [0.25, 0.3) is 0 Å². The van der Waals surface area contributed by atoms with E-state index >= 15 is 0 Å². The maximum absolute atomic E-state index is 11.8. The summed E-state index contributed by atoms with van der Waals surface area (Å²) in [6.45, 7) is 4.49. The van der Waals surface area contributed by atoms with Crippen LogP contribution in [0.3, 0.4) is 0 Å². The van der Waals surface area contributed by atoms with Gasteiger partial charge in [0, 0.05) is 19.2 Å². The number of hydrogen-bond acceptors (Lipinski definition) is 1. The Morgan fingerprint density at radius 2 is 1.73 bits per heavy atom. The van der Waals surface area contributed by atoms with Gasteiger partial charge in [-0.15, -0.1) is 0 Å². The molecular weight excluding hydrogens is 270 g/mol. The quantitative estimate of drug-likeness (QED) is 0.797. The molecule has 0 N–H and O–H groups in total. The lowest BCUT2D eigenvalue weighted by molar-refractivity contribution is -0.118. The first kappa shape index (κ1) is 14.8. The number of anilines is 1. The van der Waals surface area contributed by atoms with E-state index in [4.69, 9.17) is 0 Å². The molecule has 1 heterocycles. The van der Waals surface area contributed by atoms with Crippen molar-refractivity contribution in [1.82, 2.24) is 0 Å². The normalized spacial score (nSPS) is 15.6. The summed E-state index contributed by atoms with van der Waals surface area (Å²) >= 11 is 0. The number of amides is 1. The van der Waals surface area contributed by atoms with Gasteiger partial charge in [0.05, 0.1) is 0 Å². The maximum atomic E-state index is 11.8. The van der Waals surface area contributed by atoms with Crippen molar-refractivity contribution in [2.45, 2.75) is 39.0 Å². The maximum Gasteiger partial charge on any atom is 0.227 e. The molecule has 1 atom stereocenters. The Hall–Kier alpha value is -2.09. The Balaban J connectivity index is 1.91. The molecule has 114 valence electrons. The van der Waals surface area contributed by atoms with Crippen LogP contribution in [0.15, 0.2) is 42.5 Å². The molecule has 0 spiro atoms. The number of fused-ring (bicyclic) bond motifs is 1. The molecule has 2 aromatic carbocycles.